The van der Waals surface area contributed by atoms with Crippen molar-refractivity contribution < 1.29 is 4.74 Å². The Labute approximate surface area is 81.8 Å². The molecule has 0 fully saturated rings. The maximum Gasteiger partial charge on any atom is 0.316 e. The summed E-state index contributed by atoms with van der Waals surface area (Å²) in [5, 5.41) is 1.04. The second-order valence-electron chi connectivity index (χ2n) is 1.74. The van der Waals surface area contributed by atoms with E-state index in [4.69, 9.17) is 4.74 Å². The average molecular weight is 207 g/mol. The summed E-state index contributed by atoms with van der Waals surface area (Å²) in [6, 6.07) is 0. The number of hydrogen-bond donors (Lipinski definition) is 0. The third-order valence-electron chi connectivity index (χ3n) is 1.22. The second kappa shape index (κ2) is 9.21. The third kappa shape index (κ3) is 7.10. The van der Waals surface area contributed by atoms with Crippen LogP contribution in [-0.2, 0) is 4.74 Å². The summed E-state index contributed by atoms with van der Waals surface area (Å²) in [6.45, 7) is 2.14. The zero-order chi connectivity index (χ0) is 6.41. The van der Waals surface area contributed by atoms with Gasteiger partial charge in [0, 0.05) is 12.4 Å². The van der Waals surface area contributed by atoms with Crippen molar-refractivity contribution in [3.8, 4) is 0 Å². The highest BCUT2D eigenvalue weighted by atomic mass is 79.9. The third-order valence-corrected chi connectivity index (χ3v) is 1.68. The van der Waals surface area contributed by atoms with Crippen LogP contribution < -0.4 is 0 Å². The minimum absolute atomic E-state index is 0. The van der Waals surface area contributed by atoms with Crippen LogP contribution >= 0.6 is 15.9 Å². The highest BCUT2D eigenvalue weighted by molar-refractivity contribution is 9.09. The molecule has 0 saturated heterocycles. The van der Waals surface area contributed by atoms with Gasteiger partial charge in [-0.2, -0.15) is 0 Å². The molecule has 1 nitrogen and oxygen atoms in total. The fourth-order valence-electron chi connectivity index (χ4n) is 0.610. The van der Waals surface area contributed by atoms with Crippen LogP contribution in [0, 0.1) is 0 Å². The molecule has 1 atom stereocenters. The molecule has 0 aromatic rings. The average Bonchev–Trinajstić information content (AvgIpc) is 1.83. The Morgan fingerprint density at radius 3 is 2.22 bits per heavy atom. The molecule has 0 aliphatic carbocycles. The van der Waals surface area contributed by atoms with E-state index in [2.05, 4.69) is 22.9 Å². The molecule has 0 aromatic heterocycles. The van der Waals surface area contributed by atoms with E-state index >= 15 is 0 Å². The Kier molecular flexibility index (Phi) is 13.1. The summed E-state index contributed by atoms with van der Waals surface area (Å²) in [5.41, 5.74) is 0. The lowest BCUT2D eigenvalue weighted by atomic mass is 10.2. The zero-order valence-electron chi connectivity index (χ0n) is 5.48. The summed E-state index contributed by atoms with van der Waals surface area (Å²) in [7, 11) is 1.76. The summed E-state index contributed by atoms with van der Waals surface area (Å²) < 4.78 is 5.11. The van der Waals surface area contributed by atoms with E-state index in [-0.39, 0.29) is 23.1 Å². The lowest BCUT2D eigenvalue weighted by Gasteiger charge is -2.09. The SMILES string of the molecule is CCC(CCBr)OC.[MgH2]. The van der Waals surface area contributed by atoms with Crippen molar-refractivity contribution in [1.29, 1.82) is 0 Å². The topological polar surface area (TPSA) is 9.23 Å². The summed E-state index contributed by atoms with van der Waals surface area (Å²) in [6.07, 6.45) is 2.68. The number of halogens is 1. The molecular formula is C6H15BrMgO. The second-order valence-corrected chi connectivity index (χ2v) is 2.54. The predicted molar refractivity (Wildman–Crippen MR) is 48.0 cm³/mol. The largest absolute Gasteiger partial charge is 0.381 e. The molecule has 0 aromatic carbocycles. The van der Waals surface area contributed by atoms with Gasteiger partial charge >= 0.3 is 23.1 Å². The number of alkyl halides is 1. The van der Waals surface area contributed by atoms with E-state index in [0.29, 0.717) is 6.10 Å². The first-order chi connectivity index (χ1) is 3.85. The molecule has 0 aliphatic heterocycles. The van der Waals surface area contributed by atoms with Gasteiger partial charge in [-0.25, -0.2) is 0 Å². The normalized spacial score (nSPS) is 12.3. The van der Waals surface area contributed by atoms with Gasteiger partial charge in [-0.3, -0.25) is 0 Å². The maximum atomic E-state index is 5.11. The minimum atomic E-state index is 0. The van der Waals surface area contributed by atoms with Crippen molar-refractivity contribution in [2.45, 2.75) is 25.9 Å². The van der Waals surface area contributed by atoms with Gasteiger partial charge in [0.2, 0.25) is 0 Å². The first-order valence-corrected chi connectivity index (χ1v) is 4.06. The van der Waals surface area contributed by atoms with Crippen LogP contribution in [0.3, 0.4) is 0 Å². The molecule has 0 amide bonds. The maximum absolute atomic E-state index is 5.11. The zero-order valence-corrected chi connectivity index (χ0v) is 7.07. The Bertz CT molecular complexity index is 48.3. The van der Waals surface area contributed by atoms with E-state index in [0.717, 1.165) is 18.2 Å². The van der Waals surface area contributed by atoms with E-state index in [9.17, 15) is 0 Å². The smallest absolute Gasteiger partial charge is 0.316 e. The molecule has 0 heterocycles. The van der Waals surface area contributed by atoms with Gasteiger partial charge in [0.15, 0.2) is 0 Å². The number of rotatable bonds is 4. The molecule has 0 N–H and O–H groups in total. The number of ether oxygens (including phenoxy) is 1. The van der Waals surface area contributed by atoms with Crippen molar-refractivity contribution in [3.63, 3.8) is 0 Å². The highest BCUT2D eigenvalue weighted by Crippen LogP contribution is 2.02. The van der Waals surface area contributed by atoms with Crippen LogP contribution in [-0.4, -0.2) is 41.6 Å². The van der Waals surface area contributed by atoms with E-state index in [1.807, 2.05) is 0 Å². The molecule has 54 valence electrons. The van der Waals surface area contributed by atoms with Crippen molar-refractivity contribution in [2.24, 2.45) is 0 Å². The van der Waals surface area contributed by atoms with E-state index < -0.39 is 0 Å². The van der Waals surface area contributed by atoms with Crippen LogP contribution in [0.25, 0.3) is 0 Å². The Morgan fingerprint density at radius 1 is 1.56 bits per heavy atom. The van der Waals surface area contributed by atoms with Gasteiger partial charge in [0.05, 0.1) is 6.10 Å². The van der Waals surface area contributed by atoms with E-state index in [1.54, 1.807) is 7.11 Å². The monoisotopic (exact) mass is 206 g/mol. The number of hydrogen-bond acceptors (Lipinski definition) is 1. The van der Waals surface area contributed by atoms with Gasteiger partial charge in [0.1, 0.15) is 0 Å². The Hall–Kier alpha value is 1.21. The van der Waals surface area contributed by atoms with Gasteiger partial charge in [-0.05, 0) is 12.8 Å². The first kappa shape index (κ1) is 12.8. The quantitative estimate of drug-likeness (QED) is 0.498. The molecule has 3 heteroatoms. The minimum Gasteiger partial charge on any atom is -0.381 e. The molecule has 0 rings (SSSR count). The molecule has 9 heavy (non-hydrogen) atoms. The predicted octanol–water partition coefficient (Wildman–Crippen LogP) is 1.28. The Morgan fingerprint density at radius 2 is 2.11 bits per heavy atom. The fourth-order valence-corrected chi connectivity index (χ4v) is 1.12. The molecule has 0 bridgehead atoms. The molecule has 0 saturated carbocycles. The van der Waals surface area contributed by atoms with Crippen LogP contribution in [0.2, 0.25) is 0 Å². The van der Waals surface area contributed by atoms with Gasteiger partial charge in [0.25, 0.3) is 0 Å². The Balaban J connectivity index is 0. The molecule has 0 spiro atoms. The lowest BCUT2D eigenvalue weighted by molar-refractivity contribution is 0.0976. The van der Waals surface area contributed by atoms with Crippen molar-refractivity contribution in [1.82, 2.24) is 0 Å². The van der Waals surface area contributed by atoms with E-state index in [1.165, 1.54) is 0 Å². The number of methoxy groups -OCH3 is 1. The lowest BCUT2D eigenvalue weighted by Crippen LogP contribution is -2.08. The first-order valence-electron chi connectivity index (χ1n) is 2.93. The van der Waals surface area contributed by atoms with Crippen LogP contribution in [0.5, 0.6) is 0 Å². The van der Waals surface area contributed by atoms with Crippen LogP contribution in [0.1, 0.15) is 19.8 Å². The molecule has 0 aliphatic rings. The molecular weight excluding hydrogens is 192 g/mol. The summed E-state index contributed by atoms with van der Waals surface area (Å²) >= 11 is 3.35. The standard InChI is InChI=1S/C6H13BrO.Mg.2H/c1-3-6(8-2)4-5-7;;;/h6H,3-5H2,1-2H3;;;. The van der Waals surface area contributed by atoms with Gasteiger partial charge < -0.3 is 4.74 Å². The van der Waals surface area contributed by atoms with Crippen molar-refractivity contribution in [3.05, 3.63) is 0 Å². The van der Waals surface area contributed by atoms with Crippen molar-refractivity contribution >= 4 is 39.0 Å². The summed E-state index contributed by atoms with van der Waals surface area (Å²) in [5.74, 6) is 0. The molecule has 0 radical (unpaired) electrons. The molecule has 1 unspecified atom stereocenters. The van der Waals surface area contributed by atoms with Crippen LogP contribution in [0.15, 0.2) is 0 Å². The fraction of sp³-hybridized carbons (Fsp3) is 1.00. The van der Waals surface area contributed by atoms with Gasteiger partial charge in [-0.15, -0.1) is 0 Å². The van der Waals surface area contributed by atoms with Crippen LogP contribution in [0.4, 0.5) is 0 Å². The highest BCUT2D eigenvalue weighted by Gasteiger charge is 1.99. The summed E-state index contributed by atoms with van der Waals surface area (Å²) in [4.78, 5) is 0. The van der Waals surface area contributed by atoms with Gasteiger partial charge in [-0.1, -0.05) is 22.9 Å². The van der Waals surface area contributed by atoms with Crippen molar-refractivity contribution in [2.75, 3.05) is 12.4 Å².